The second kappa shape index (κ2) is 9.96. The van der Waals surface area contributed by atoms with E-state index in [2.05, 4.69) is 4.90 Å². The highest BCUT2D eigenvalue weighted by Crippen LogP contribution is 2.54. The van der Waals surface area contributed by atoms with Gasteiger partial charge in [0.05, 0.1) is 11.6 Å². The van der Waals surface area contributed by atoms with Crippen molar-refractivity contribution in [2.24, 2.45) is 17.6 Å². The number of fused-ring (bicyclic) bond motifs is 3. The van der Waals surface area contributed by atoms with Crippen molar-refractivity contribution < 1.29 is 34.8 Å². The molecule has 1 saturated carbocycles. The van der Waals surface area contributed by atoms with Crippen LogP contribution < -0.4 is 10.6 Å². The number of ketones is 2. The number of likely N-dealkylation sites (N-methyl/N-ethyl adjacent to an activating group) is 1. The van der Waals surface area contributed by atoms with E-state index in [1.807, 2.05) is 38.9 Å². The van der Waals surface area contributed by atoms with Crippen molar-refractivity contribution in [1.29, 1.82) is 0 Å². The Balaban J connectivity index is 1.97. The number of anilines is 1. The number of carbonyl (C=O) groups is 3. The van der Waals surface area contributed by atoms with Crippen LogP contribution in [-0.4, -0.2) is 101 Å². The predicted octanol–water partition coefficient (Wildman–Crippen LogP) is 0.872. The van der Waals surface area contributed by atoms with E-state index in [4.69, 9.17) is 5.73 Å². The molecule has 11 heteroatoms. The molecule has 0 aromatic heterocycles. The monoisotopic (exact) mass is 542 g/mol. The molecule has 0 bridgehead atoms. The zero-order chi connectivity index (χ0) is 29.1. The zero-order valence-corrected chi connectivity index (χ0v) is 23.3. The van der Waals surface area contributed by atoms with Gasteiger partial charge >= 0.3 is 0 Å². The second-order valence-electron chi connectivity index (χ2n) is 11.1. The molecule has 0 radical (unpaired) electrons. The van der Waals surface area contributed by atoms with E-state index in [0.29, 0.717) is 17.7 Å². The molecule has 4 rings (SSSR count). The van der Waals surface area contributed by atoms with Crippen molar-refractivity contribution in [2.45, 2.75) is 44.9 Å². The third-order valence-corrected chi connectivity index (χ3v) is 8.55. The van der Waals surface area contributed by atoms with E-state index < -0.39 is 58.0 Å². The highest BCUT2D eigenvalue weighted by Gasteiger charge is 2.64. The van der Waals surface area contributed by atoms with Gasteiger partial charge in [0.15, 0.2) is 11.4 Å². The molecule has 6 N–H and O–H groups in total. The molecule has 1 aromatic carbocycles. The number of Topliss-reactive ketones (excluding diaryl/α,β-unsaturated/α-hetero) is 2. The number of hydrogen-bond acceptors (Lipinski definition) is 10. The standard InChI is InChI=1S/C28H38N4O7/c1-7-32(8-2)12-14-11-17(30(3)4)15-9-13-10-16-21(31(5)6)24(35)20(27(29)38)26(37)28(16,39)25(36)18(13)23(34)19(15)22(14)33/h11,13,16,21,33-34,37,39H,7-10,12H2,1-6H3,(H2,29,38)/t13-,16-,21?,28-/m0/s1. The maximum atomic E-state index is 14.0. The molecule has 39 heavy (non-hydrogen) atoms. The van der Waals surface area contributed by atoms with E-state index in [0.717, 1.165) is 18.8 Å². The van der Waals surface area contributed by atoms with Gasteiger partial charge < -0.3 is 31.1 Å². The number of aromatic hydroxyl groups is 1. The largest absolute Gasteiger partial charge is 0.508 e. The van der Waals surface area contributed by atoms with Crippen LogP contribution in [0.4, 0.5) is 5.69 Å². The maximum absolute atomic E-state index is 14.0. The third-order valence-electron chi connectivity index (χ3n) is 8.55. The SMILES string of the molecule is CCN(CC)Cc1cc(N(C)C)c2c(c1O)C(O)=C1C(=O)[C@]3(O)C(O)=C(C(N)=O)C(=O)C(N(C)C)[C@@H]3C[C@@H]1C2. The fourth-order valence-electron chi connectivity index (χ4n) is 6.55. The number of hydrogen-bond donors (Lipinski definition) is 5. The highest BCUT2D eigenvalue weighted by atomic mass is 16.3. The number of amides is 1. The lowest BCUT2D eigenvalue weighted by Crippen LogP contribution is -2.65. The summed E-state index contributed by atoms with van der Waals surface area (Å²) >= 11 is 0. The van der Waals surface area contributed by atoms with Gasteiger partial charge in [-0.25, -0.2) is 0 Å². The third kappa shape index (κ3) is 4.11. The Morgan fingerprint density at radius 3 is 2.23 bits per heavy atom. The Morgan fingerprint density at radius 1 is 1.10 bits per heavy atom. The Bertz CT molecular complexity index is 1310. The fourth-order valence-corrected chi connectivity index (χ4v) is 6.55. The van der Waals surface area contributed by atoms with Crippen LogP contribution in [0, 0.1) is 11.8 Å². The topological polar surface area (TPSA) is 168 Å². The maximum Gasteiger partial charge on any atom is 0.255 e. The van der Waals surface area contributed by atoms with Gasteiger partial charge in [-0.3, -0.25) is 24.2 Å². The Kier molecular flexibility index (Phi) is 7.30. The van der Waals surface area contributed by atoms with Crippen LogP contribution in [-0.2, 0) is 27.3 Å². The van der Waals surface area contributed by atoms with Gasteiger partial charge in [-0.15, -0.1) is 0 Å². The van der Waals surface area contributed by atoms with E-state index in [1.54, 1.807) is 14.1 Å². The van der Waals surface area contributed by atoms with Crippen molar-refractivity contribution in [3.05, 3.63) is 39.7 Å². The molecule has 0 saturated heterocycles. The van der Waals surface area contributed by atoms with Crippen LogP contribution in [0.3, 0.4) is 0 Å². The number of carbonyl (C=O) groups excluding carboxylic acids is 3. The molecule has 0 spiro atoms. The van der Waals surface area contributed by atoms with Gasteiger partial charge in [-0.1, -0.05) is 13.8 Å². The lowest BCUT2D eigenvalue weighted by molar-refractivity contribution is -0.153. The number of nitrogens with zero attached hydrogens (tertiary/aromatic N) is 3. The molecule has 1 fully saturated rings. The predicted molar refractivity (Wildman–Crippen MR) is 145 cm³/mol. The molecular weight excluding hydrogens is 504 g/mol. The molecule has 4 atom stereocenters. The minimum atomic E-state index is -2.65. The van der Waals surface area contributed by atoms with Crippen LogP contribution >= 0.6 is 0 Å². The number of aliphatic hydroxyl groups is 3. The summed E-state index contributed by atoms with van der Waals surface area (Å²) < 4.78 is 0. The van der Waals surface area contributed by atoms with Crippen molar-refractivity contribution in [1.82, 2.24) is 9.80 Å². The van der Waals surface area contributed by atoms with Crippen molar-refractivity contribution in [3.8, 4) is 5.75 Å². The number of aliphatic hydroxyl groups excluding tert-OH is 2. The zero-order valence-electron chi connectivity index (χ0n) is 23.3. The molecular formula is C28H38N4O7. The van der Waals surface area contributed by atoms with Crippen LogP contribution in [0.15, 0.2) is 23.0 Å². The smallest absolute Gasteiger partial charge is 0.255 e. The number of nitrogens with two attached hydrogens (primary N) is 1. The van der Waals surface area contributed by atoms with E-state index in [9.17, 15) is 34.8 Å². The highest BCUT2D eigenvalue weighted by molar-refractivity contribution is 6.24. The van der Waals surface area contributed by atoms with Crippen LogP contribution in [0.25, 0.3) is 5.76 Å². The summed E-state index contributed by atoms with van der Waals surface area (Å²) in [6.07, 6.45) is 0.307. The summed E-state index contributed by atoms with van der Waals surface area (Å²) in [6.45, 7) is 5.91. The van der Waals surface area contributed by atoms with Crippen LogP contribution in [0.1, 0.15) is 37.0 Å². The molecule has 11 nitrogen and oxygen atoms in total. The Labute approximate surface area is 227 Å². The minimum Gasteiger partial charge on any atom is -0.508 e. The summed E-state index contributed by atoms with van der Waals surface area (Å²) in [6, 6.07) is 0.771. The van der Waals surface area contributed by atoms with Gasteiger partial charge in [0, 0.05) is 43.4 Å². The quantitative estimate of drug-likeness (QED) is 0.312. The first-order valence-electron chi connectivity index (χ1n) is 13.1. The molecule has 1 amide bonds. The summed E-state index contributed by atoms with van der Waals surface area (Å²) in [5, 5.41) is 45.7. The van der Waals surface area contributed by atoms with Crippen LogP contribution in [0.5, 0.6) is 5.75 Å². The minimum absolute atomic E-state index is 0.0561. The van der Waals surface area contributed by atoms with Gasteiger partial charge in [0.2, 0.25) is 5.78 Å². The van der Waals surface area contributed by atoms with Gasteiger partial charge in [0.1, 0.15) is 22.8 Å². The molecule has 3 aliphatic rings. The van der Waals surface area contributed by atoms with Crippen LogP contribution in [0.2, 0.25) is 0 Å². The van der Waals surface area contributed by atoms with Gasteiger partial charge in [0.25, 0.3) is 5.91 Å². The molecule has 1 unspecified atom stereocenters. The van der Waals surface area contributed by atoms with E-state index >= 15 is 0 Å². The molecule has 1 aromatic rings. The van der Waals surface area contributed by atoms with Gasteiger partial charge in [-0.05, 0) is 57.6 Å². The first-order chi connectivity index (χ1) is 18.2. The Hall–Kier alpha value is -3.41. The molecule has 212 valence electrons. The van der Waals surface area contributed by atoms with E-state index in [-0.39, 0.29) is 29.7 Å². The number of benzene rings is 1. The number of primary amides is 1. The Morgan fingerprint density at radius 2 is 1.72 bits per heavy atom. The average molecular weight is 543 g/mol. The molecule has 0 heterocycles. The normalized spacial score (nSPS) is 26.6. The summed E-state index contributed by atoms with van der Waals surface area (Å²) in [5.41, 5.74) is 3.85. The number of phenolic OH excluding ortho intramolecular Hbond substituents is 1. The number of phenols is 1. The summed E-state index contributed by atoms with van der Waals surface area (Å²) in [5.74, 6) is -6.48. The van der Waals surface area contributed by atoms with Crippen molar-refractivity contribution >= 4 is 28.9 Å². The average Bonchev–Trinajstić information content (AvgIpc) is 2.85. The first-order valence-corrected chi connectivity index (χ1v) is 13.1. The second-order valence-corrected chi connectivity index (χ2v) is 11.1. The van der Waals surface area contributed by atoms with Gasteiger partial charge in [-0.2, -0.15) is 0 Å². The molecule has 3 aliphatic carbocycles. The first kappa shape index (κ1) is 28.6. The lowest BCUT2D eigenvalue weighted by Gasteiger charge is -2.50. The van der Waals surface area contributed by atoms with Crippen molar-refractivity contribution in [3.63, 3.8) is 0 Å². The summed E-state index contributed by atoms with van der Waals surface area (Å²) in [4.78, 5) is 44.9. The lowest BCUT2D eigenvalue weighted by atomic mass is 9.57. The number of rotatable bonds is 7. The van der Waals surface area contributed by atoms with Crippen molar-refractivity contribution in [2.75, 3.05) is 46.2 Å². The van der Waals surface area contributed by atoms with E-state index in [1.165, 1.54) is 4.90 Å². The molecule has 0 aliphatic heterocycles. The summed E-state index contributed by atoms with van der Waals surface area (Å²) in [7, 11) is 6.86. The fraction of sp³-hybridized carbons (Fsp3) is 0.536.